The second kappa shape index (κ2) is 6.92. The largest absolute Gasteiger partial charge is 0.343 e. The Morgan fingerprint density at radius 1 is 0.893 bits per heavy atom. The molecule has 142 valence electrons. The summed E-state index contributed by atoms with van der Waals surface area (Å²) in [6.07, 6.45) is 0. The molecule has 3 aromatic rings. The molecule has 0 bridgehead atoms. The molecule has 3 aromatic carbocycles. The number of carbonyl (C=O) groups is 1. The lowest BCUT2D eigenvalue weighted by molar-refractivity contribution is 0.253. The molecule has 0 N–H and O–H groups in total. The first-order valence-electron chi connectivity index (χ1n) is 8.34. The van der Waals surface area contributed by atoms with Crippen molar-refractivity contribution in [3.05, 3.63) is 89.2 Å². The number of benzene rings is 3. The summed E-state index contributed by atoms with van der Waals surface area (Å²) in [4.78, 5) is 14.6. The van der Waals surface area contributed by atoms with Gasteiger partial charge in [-0.15, -0.1) is 0 Å². The number of urea groups is 1. The topological polar surface area (TPSA) is 57.7 Å². The molecule has 2 amide bonds. The number of rotatable bonds is 3. The number of hydrogen-bond acceptors (Lipinski definition) is 3. The summed E-state index contributed by atoms with van der Waals surface area (Å²) in [6.45, 7) is 0.153. The Morgan fingerprint density at radius 2 is 1.54 bits per heavy atom. The Hall–Kier alpha value is -2.90. The van der Waals surface area contributed by atoms with Gasteiger partial charge in [-0.05, 0) is 54.1 Å². The summed E-state index contributed by atoms with van der Waals surface area (Å²) in [5.41, 5.74) is 1.15. The molecule has 28 heavy (non-hydrogen) atoms. The summed E-state index contributed by atoms with van der Waals surface area (Å²) in [5, 5.41) is 0.560. The van der Waals surface area contributed by atoms with E-state index in [1.807, 2.05) is 0 Å². The molecule has 0 aliphatic carbocycles. The zero-order valence-corrected chi connectivity index (χ0v) is 16.0. The van der Waals surface area contributed by atoms with E-state index < -0.39 is 21.9 Å². The fourth-order valence-electron chi connectivity index (χ4n) is 3.06. The van der Waals surface area contributed by atoms with Crippen LogP contribution < -0.4 is 9.21 Å². The highest BCUT2D eigenvalue weighted by atomic mass is 35.5. The van der Waals surface area contributed by atoms with E-state index in [9.17, 15) is 17.6 Å². The van der Waals surface area contributed by atoms with E-state index >= 15 is 0 Å². The Bertz CT molecular complexity index is 1150. The average Bonchev–Trinajstić information content (AvgIpc) is 2.68. The Morgan fingerprint density at radius 3 is 2.21 bits per heavy atom. The maximum absolute atomic E-state index is 13.3. The number of para-hydroxylation sites is 1. The van der Waals surface area contributed by atoms with Crippen molar-refractivity contribution in [2.45, 2.75) is 11.4 Å². The number of carbonyl (C=O) groups excluding carboxylic acids is 1. The van der Waals surface area contributed by atoms with Crippen molar-refractivity contribution >= 4 is 39.0 Å². The fourth-order valence-corrected chi connectivity index (χ4v) is 4.78. The van der Waals surface area contributed by atoms with E-state index in [0.717, 1.165) is 17.7 Å². The molecule has 0 spiro atoms. The number of sulfonamides is 1. The Kier molecular flexibility index (Phi) is 4.56. The van der Waals surface area contributed by atoms with Crippen LogP contribution in [0, 0.1) is 5.82 Å². The lowest BCUT2D eigenvalue weighted by Crippen LogP contribution is -2.50. The first-order valence-corrected chi connectivity index (χ1v) is 10.2. The zero-order valence-electron chi connectivity index (χ0n) is 14.4. The standard InChI is InChI=1S/C20H14ClFN2O3S/c21-15-7-5-14(6-8-15)13-23-18-3-1-2-4-19(18)28(26,27)24(20(23)25)17-11-9-16(22)10-12-17/h1-12H,13H2. The second-order valence-electron chi connectivity index (χ2n) is 6.21. The van der Waals surface area contributed by atoms with Gasteiger partial charge >= 0.3 is 6.03 Å². The van der Waals surface area contributed by atoms with Crippen molar-refractivity contribution in [1.29, 1.82) is 0 Å². The van der Waals surface area contributed by atoms with Crippen LogP contribution in [0.5, 0.6) is 0 Å². The number of anilines is 2. The van der Waals surface area contributed by atoms with Crippen LogP contribution >= 0.6 is 11.6 Å². The van der Waals surface area contributed by atoms with Crippen LogP contribution in [0.4, 0.5) is 20.6 Å². The highest BCUT2D eigenvalue weighted by Gasteiger charge is 2.42. The van der Waals surface area contributed by atoms with E-state index in [-0.39, 0.29) is 17.1 Å². The second-order valence-corrected chi connectivity index (χ2v) is 8.40. The minimum Gasteiger partial charge on any atom is -0.287 e. The van der Waals surface area contributed by atoms with Crippen LogP contribution in [0.25, 0.3) is 0 Å². The van der Waals surface area contributed by atoms with Gasteiger partial charge in [-0.3, -0.25) is 4.90 Å². The molecule has 1 aliphatic rings. The summed E-state index contributed by atoms with van der Waals surface area (Å²) in [6, 6.07) is 17.2. The van der Waals surface area contributed by atoms with Gasteiger partial charge in [-0.1, -0.05) is 35.9 Å². The molecule has 0 aromatic heterocycles. The Labute approximate surface area is 166 Å². The van der Waals surface area contributed by atoms with Crippen LogP contribution in [0.2, 0.25) is 5.02 Å². The van der Waals surface area contributed by atoms with Gasteiger partial charge in [-0.25, -0.2) is 17.6 Å². The van der Waals surface area contributed by atoms with Gasteiger partial charge < -0.3 is 0 Å². The number of fused-ring (bicyclic) bond motifs is 1. The molecular formula is C20H14ClFN2O3S. The minimum absolute atomic E-state index is 0.00730. The van der Waals surface area contributed by atoms with Crippen molar-refractivity contribution in [2.75, 3.05) is 9.21 Å². The number of hydrogen-bond donors (Lipinski definition) is 0. The molecular weight excluding hydrogens is 403 g/mol. The third-order valence-corrected chi connectivity index (χ3v) is 6.39. The molecule has 0 unspecified atom stereocenters. The molecule has 8 heteroatoms. The summed E-state index contributed by atoms with van der Waals surface area (Å²) >= 11 is 5.92. The van der Waals surface area contributed by atoms with E-state index in [2.05, 4.69) is 0 Å². The molecule has 0 atom stereocenters. The highest BCUT2D eigenvalue weighted by molar-refractivity contribution is 7.94. The van der Waals surface area contributed by atoms with Gasteiger partial charge in [0.2, 0.25) is 0 Å². The SMILES string of the molecule is O=C1N(Cc2ccc(Cl)cc2)c2ccccc2S(=O)(=O)N1c1ccc(F)cc1. The van der Waals surface area contributed by atoms with Crippen molar-refractivity contribution in [3.63, 3.8) is 0 Å². The van der Waals surface area contributed by atoms with Gasteiger partial charge in [0, 0.05) is 5.02 Å². The predicted molar refractivity (Wildman–Crippen MR) is 106 cm³/mol. The molecule has 4 rings (SSSR count). The van der Waals surface area contributed by atoms with Crippen molar-refractivity contribution in [3.8, 4) is 0 Å². The fraction of sp³-hybridized carbons (Fsp3) is 0.0500. The van der Waals surface area contributed by atoms with E-state index in [0.29, 0.717) is 15.0 Å². The molecule has 0 saturated carbocycles. The third-order valence-electron chi connectivity index (χ3n) is 4.39. The predicted octanol–water partition coefficient (Wildman–Crippen LogP) is 4.81. The van der Waals surface area contributed by atoms with Gasteiger partial charge in [0.05, 0.1) is 17.9 Å². The van der Waals surface area contributed by atoms with Gasteiger partial charge in [0.1, 0.15) is 10.7 Å². The van der Waals surface area contributed by atoms with Crippen LogP contribution in [0.3, 0.4) is 0 Å². The number of amides is 2. The first-order chi connectivity index (χ1) is 13.4. The van der Waals surface area contributed by atoms with Crippen LogP contribution in [-0.4, -0.2) is 14.4 Å². The van der Waals surface area contributed by atoms with Crippen LogP contribution in [0.15, 0.2) is 77.7 Å². The third kappa shape index (κ3) is 3.12. The van der Waals surface area contributed by atoms with Crippen molar-refractivity contribution in [1.82, 2.24) is 0 Å². The smallest absolute Gasteiger partial charge is 0.287 e. The van der Waals surface area contributed by atoms with Crippen LogP contribution in [0.1, 0.15) is 5.56 Å². The van der Waals surface area contributed by atoms with Gasteiger partial charge in [0.25, 0.3) is 10.0 Å². The maximum atomic E-state index is 13.3. The molecule has 1 heterocycles. The highest BCUT2D eigenvalue weighted by Crippen LogP contribution is 2.37. The summed E-state index contributed by atoms with van der Waals surface area (Å²) in [5.74, 6) is -0.524. The quantitative estimate of drug-likeness (QED) is 0.615. The summed E-state index contributed by atoms with van der Waals surface area (Å²) in [7, 11) is -4.13. The molecule has 0 saturated heterocycles. The molecule has 0 radical (unpaired) electrons. The molecule has 1 aliphatic heterocycles. The lowest BCUT2D eigenvalue weighted by atomic mass is 10.2. The van der Waals surface area contributed by atoms with Crippen molar-refractivity contribution in [2.24, 2.45) is 0 Å². The number of halogens is 2. The van der Waals surface area contributed by atoms with Crippen molar-refractivity contribution < 1.29 is 17.6 Å². The van der Waals surface area contributed by atoms with E-state index in [4.69, 9.17) is 11.6 Å². The minimum atomic E-state index is -4.13. The normalized spacial score (nSPS) is 15.4. The van der Waals surface area contributed by atoms with Crippen LogP contribution in [-0.2, 0) is 16.6 Å². The number of nitrogens with zero attached hydrogens (tertiary/aromatic N) is 2. The van der Waals surface area contributed by atoms with Gasteiger partial charge in [-0.2, -0.15) is 4.31 Å². The van der Waals surface area contributed by atoms with E-state index in [1.54, 1.807) is 42.5 Å². The molecule has 5 nitrogen and oxygen atoms in total. The lowest BCUT2D eigenvalue weighted by Gasteiger charge is -2.36. The zero-order chi connectivity index (χ0) is 19.9. The van der Waals surface area contributed by atoms with Gasteiger partial charge in [0.15, 0.2) is 0 Å². The average molecular weight is 417 g/mol. The monoisotopic (exact) mass is 416 g/mol. The maximum Gasteiger partial charge on any atom is 0.343 e. The summed E-state index contributed by atoms with van der Waals surface area (Å²) < 4.78 is 40.2. The van der Waals surface area contributed by atoms with E-state index in [1.165, 1.54) is 23.1 Å². The Balaban J connectivity index is 1.85. The molecule has 0 fully saturated rings. The first kappa shape index (κ1) is 18.5.